The minimum Gasteiger partial charge on any atom is -0.481 e. The molecule has 6 heteroatoms. The molecule has 2 aromatic rings. The van der Waals surface area contributed by atoms with Gasteiger partial charge < -0.3 is 15.0 Å². The van der Waals surface area contributed by atoms with Crippen molar-refractivity contribution >= 4 is 33.4 Å². The first-order valence-electron chi connectivity index (χ1n) is 9.66. The van der Waals surface area contributed by atoms with E-state index < -0.39 is 6.10 Å². The average molecular weight is 445 g/mol. The lowest BCUT2D eigenvalue weighted by atomic mass is 10.1. The van der Waals surface area contributed by atoms with Crippen molar-refractivity contribution in [1.29, 1.82) is 0 Å². The monoisotopic (exact) mass is 444 g/mol. The number of para-hydroxylation sites is 1. The van der Waals surface area contributed by atoms with Crippen molar-refractivity contribution in [2.75, 3.05) is 18.4 Å². The van der Waals surface area contributed by atoms with Crippen molar-refractivity contribution in [2.24, 2.45) is 0 Å². The van der Waals surface area contributed by atoms with Crippen LogP contribution in [0.15, 0.2) is 53.0 Å². The fourth-order valence-electron chi connectivity index (χ4n) is 3.23. The van der Waals surface area contributed by atoms with E-state index in [1.54, 1.807) is 31.2 Å². The van der Waals surface area contributed by atoms with Crippen LogP contribution in [0.2, 0.25) is 0 Å². The number of hydrogen-bond donors (Lipinski definition) is 1. The van der Waals surface area contributed by atoms with Gasteiger partial charge >= 0.3 is 0 Å². The topological polar surface area (TPSA) is 58.6 Å². The fourth-order valence-corrected chi connectivity index (χ4v) is 3.49. The van der Waals surface area contributed by atoms with Crippen LogP contribution in [0.3, 0.4) is 0 Å². The van der Waals surface area contributed by atoms with E-state index in [4.69, 9.17) is 4.74 Å². The van der Waals surface area contributed by atoms with Crippen molar-refractivity contribution in [1.82, 2.24) is 4.90 Å². The second kappa shape index (κ2) is 9.73. The molecule has 0 aliphatic carbocycles. The Bertz CT molecular complexity index is 815. The second-order valence-electron chi connectivity index (χ2n) is 6.96. The van der Waals surface area contributed by atoms with Gasteiger partial charge in [-0.3, -0.25) is 9.59 Å². The Morgan fingerprint density at radius 2 is 1.64 bits per heavy atom. The number of carbonyl (C=O) groups is 2. The van der Waals surface area contributed by atoms with E-state index >= 15 is 0 Å². The molecule has 28 heavy (non-hydrogen) atoms. The SMILES string of the molecule is C[C@H](Oc1ccc(Br)cc1)C(=O)Nc1ccccc1C(=O)N1CCCCCC1. The van der Waals surface area contributed by atoms with E-state index in [1.807, 2.05) is 29.2 Å². The fraction of sp³-hybridized carbons (Fsp3) is 0.364. The highest BCUT2D eigenvalue weighted by molar-refractivity contribution is 9.10. The molecule has 1 aliphatic rings. The summed E-state index contributed by atoms with van der Waals surface area (Å²) >= 11 is 3.37. The lowest BCUT2D eigenvalue weighted by molar-refractivity contribution is -0.122. The summed E-state index contributed by atoms with van der Waals surface area (Å²) in [7, 11) is 0. The Morgan fingerprint density at radius 3 is 2.32 bits per heavy atom. The first kappa shape index (κ1) is 20.4. The number of amides is 2. The molecule has 5 nitrogen and oxygen atoms in total. The molecule has 148 valence electrons. The Hall–Kier alpha value is -2.34. The number of ether oxygens (including phenoxy) is 1. The number of rotatable bonds is 5. The third-order valence-corrected chi connectivity index (χ3v) is 5.33. The van der Waals surface area contributed by atoms with Crippen LogP contribution in [0.1, 0.15) is 43.0 Å². The summed E-state index contributed by atoms with van der Waals surface area (Å²) < 4.78 is 6.65. The van der Waals surface area contributed by atoms with Crippen LogP contribution in [0.4, 0.5) is 5.69 Å². The minimum absolute atomic E-state index is 0.0284. The maximum atomic E-state index is 13.0. The zero-order valence-electron chi connectivity index (χ0n) is 16.0. The third-order valence-electron chi connectivity index (χ3n) is 4.80. The minimum atomic E-state index is -0.692. The van der Waals surface area contributed by atoms with Gasteiger partial charge in [0.15, 0.2) is 6.10 Å². The molecule has 1 saturated heterocycles. The standard InChI is InChI=1S/C22H25BrN2O3/c1-16(28-18-12-10-17(23)11-13-18)21(26)24-20-9-5-4-8-19(20)22(27)25-14-6-2-3-7-15-25/h4-5,8-13,16H,2-3,6-7,14-15H2,1H3,(H,24,26)/t16-/m0/s1. The number of nitrogens with zero attached hydrogens (tertiary/aromatic N) is 1. The molecule has 0 unspecified atom stereocenters. The van der Waals surface area contributed by atoms with E-state index in [9.17, 15) is 9.59 Å². The molecule has 0 spiro atoms. The number of carbonyl (C=O) groups excluding carboxylic acids is 2. The van der Waals surface area contributed by atoms with Crippen LogP contribution in [-0.4, -0.2) is 35.9 Å². The molecule has 1 N–H and O–H groups in total. The van der Waals surface area contributed by atoms with Gasteiger partial charge in [0.2, 0.25) is 0 Å². The summed E-state index contributed by atoms with van der Waals surface area (Å²) in [5, 5.41) is 2.86. The smallest absolute Gasteiger partial charge is 0.265 e. The maximum absolute atomic E-state index is 13.0. The highest BCUT2D eigenvalue weighted by Gasteiger charge is 2.22. The van der Waals surface area contributed by atoms with E-state index in [0.717, 1.165) is 43.2 Å². The van der Waals surface area contributed by atoms with Gasteiger partial charge in [0.05, 0.1) is 11.3 Å². The summed E-state index contributed by atoms with van der Waals surface area (Å²) in [6.45, 7) is 3.23. The van der Waals surface area contributed by atoms with E-state index in [1.165, 1.54) is 0 Å². The zero-order chi connectivity index (χ0) is 19.9. The first-order valence-corrected chi connectivity index (χ1v) is 10.5. The Kier molecular flexibility index (Phi) is 7.09. The summed E-state index contributed by atoms with van der Waals surface area (Å²) in [6, 6.07) is 14.5. The van der Waals surface area contributed by atoms with E-state index in [2.05, 4.69) is 21.2 Å². The van der Waals surface area contributed by atoms with Crippen LogP contribution in [0.25, 0.3) is 0 Å². The molecule has 0 bridgehead atoms. The molecular formula is C22H25BrN2O3. The molecule has 1 atom stereocenters. The number of halogens is 1. The number of nitrogens with one attached hydrogen (secondary N) is 1. The van der Waals surface area contributed by atoms with Gasteiger partial charge in [-0.25, -0.2) is 0 Å². The van der Waals surface area contributed by atoms with Crippen molar-refractivity contribution < 1.29 is 14.3 Å². The van der Waals surface area contributed by atoms with Crippen LogP contribution >= 0.6 is 15.9 Å². The number of likely N-dealkylation sites (tertiary alicyclic amines) is 1. The second-order valence-corrected chi connectivity index (χ2v) is 7.87. The molecule has 0 aromatic heterocycles. The lowest BCUT2D eigenvalue weighted by Crippen LogP contribution is -2.34. The highest BCUT2D eigenvalue weighted by Crippen LogP contribution is 2.21. The van der Waals surface area contributed by atoms with Crippen LogP contribution < -0.4 is 10.1 Å². The largest absolute Gasteiger partial charge is 0.481 e. The van der Waals surface area contributed by atoms with Gasteiger partial charge in [-0.05, 0) is 56.2 Å². The van der Waals surface area contributed by atoms with E-state index in [-0.39, 0.29) is 11.8 Å². The summed E-state index contributed by atoms with van der Waals surface area (Å²) in [5.41, 5.74) is 1.04. The van der Waals surface area contributed by atoms with Gasteiger partial charge in [0.1, 0.15) is 5.75 Å². The molecule has 0 radical (unpaired) electrons. The van der Waals surface area contributed by atoms with Crippen molar-refractivity contribution in [3.63, 3.8) is 0 Å². The summed E-state index contributed by atoms with van der Waals surface area (Å²) in [6.07, 6.45) is 3.68. The van der Waals surface area contributed by atoms with Gasteiger partial charge in [0.25, 0.3) is 11.8 Å². The molecule has 1 fully saturated rings. The molecule has 2 aromatic carbocycles. The number of hydrogen-bond acceptors (Lipinski definition) is 3. The molecule has 2 amide bonds. The van der Waals surface area contributed by atoms with Crippen molar-refractivity contribution in [3.8, 4) is 5.75 Å². The van der Waals surface area contributed by atoms with Crippen molar-refractivity contribution in [2.45, 2.75) is 38.7 Å². The van der Waals surface area contributed by atoms with Gasteiger partial charge in [-0.1, -0.05) is 40.9 Å². The van der Waals surface area contributed by atoms with E-state index in [0.29, 0.717) is 17.0 Å². The number of anilines is 1. The molecule has 3 rings (SSSR count). The normalized spacial score (nSPS) is 15.4. The Labute approximate surface area is 174 Å². The predicted octanol–water partition coefficient (Wildman–Crippen LogP) is 4.87. The first-order chi connectivity index (χ1) is 13.5. The predicted molar refractivity (Wildman–Crippen MR) is 114 cm³/mol. The summed E-state index contributed by atoms with van der Waals surface area (Å²) in [5.74, 6) is 0.290. The molecule has 1 aliphatic heterocycles. The van der Waals surface area contributed by atoms with Gasteiger partial charge in [-0.15, -0.1) is 0 Å². The number of benzene rings is 2. The quantitative estimate of drug-likeness (QED) is 0.715. The Morgan fingerprint density at radius 1 is 1.00 bits per heavy atom. The van der Waals surface area contributed by atoms with Crippen LogP contribution in [0, 0.1) is 0 Å². The maximum Gasteiger partial charge on any atom is 0.265 e. The van der Waals surface area contributed by atoms with Gasteiger partial charge in [-0.2, -0.15) is 0 Å². The molecule has 0 saturated carbocycles. The van der Waals surface area contributed by atoms with Crippen molar-refractivity contribution in [3.05, 3.63) is 58.6 Å². The molecule has 1 heterocycles. The lowest BCUT2D eigenvalue weighted by Gasteiger charge is -2.22. The van der Waals surface area contributed by atoms with Gasteiger partial charge in [0, 0.05) is 17.6 Å². The third kappa shape index (κ3) is 5.35. The highest BCUT2D eigenvalue weighted by atomic mass is 79.9. The Balaban J connectivity index is 1.68. The van der Waals surface area contributed by atoms with Crippen LogP contribution in [-0.2, 0) is 4.79 Å². The van der Waals surface area contributed by atoms with Crippen LogP contribution in [0.5, 0.6) is 5.75 Å². The zero-order valence-corrected chi connectivity index (χ0v) is 17.6. The molecular weight excluding hydrogens is 420 g/mol. The average Bonchev–Trinajstić information content (AvgIpc) is 2.99. The summed E-state index contributed by atoms with van der Waals surface area (Å²) in [4.78, 5) is 27.5.